The highest BCUT2D eigenvalue weighted by molar-refractivity contribution is 9.10. The van der Waals surface area contributed by atoms with Gasteiger partial charge in [-0.05, 0) is 51.8 Å². The van der Waals surface area contributed by atoms with E-state index in [0.717, 1.165) is 20.9 Å². The van der Waals surface area contributed by atoms with Gasteiger partial charge in [-0.25, -0.2) is 0 Å². The zero-order valence-corrected chi connectivity index (χ0v) is 13.5. The van der Waals surface area contributed by atoms with Gasteiger partial charge in [-0.2, -0.15) is 0 Å². The SMILES string of the molecule is COc1ccc(CSc2ccc(N)cc2Cl)cc1Br. The molecule has 0 atom stereocenters. The fourth-order valence-electron chi connectivity index (χ4n) is 1.59. The zero-order chi connectivity index (χ0) is 13.8. The average molecular weight is 359 g/mol. The number of halogens is 2. The largest absolute Gasteiger partial charge is 0.496 e. The Kier molecular flexibility index (Phi) is 5.02. The fraction of sp³-hybridized carbons (Fsp3) is 0.143. The zero-order valence-electron chi connectivity index (χ0n) is 10.3. The molecule has 2 rings (SSSR count). The number of nitrogens with two attached hydrogens (primary N) is 1. The van der Waals surface area contributed by atoms with E-state index in [1.165, 1.54) is 5.56 Å². The molecule has 0 radical (unpaired) electrons. The summed E-state index contributed by atoms with van der Waals surface area (Å²) in [5, 5.41) is 0.692. The van der Waals surface area contributed by atoms with Gasteiger partial charge in [0.1, 0.15) is 5.75 Å². The number of thioether (sulfide) groups is 1. The monoisotopic (exact) mass is 357 g/mol. The van der Waals surface area contributed by atoms with Crippen molar-refractivity contribution in [1.29, 1.82) is 0 Å². The van der Waals surface area contributed by atoms with Crippen LogP contribution in [0.5, 0.6) is 5.75 Å². The number of hydrogen-bond donors (Lipinski definition) is 1. The third-order valence-electron chi connectivity index (χ3n) is 2.57. The summed E-state index contributed by atoms with van der Waals surface area (Å²) in [6.45, 7) is 0. The maximum absolute atomic E-state index is 6.14. The Morgan fingerprint density at radius 1 is 1.26 bits per heavy atom. The van der Waals surface area contributed by atoms with Crippen molar-refractivity contribution in [3.63, 3.8) is 0 Å². The summed E-state index contributed by atoms with van der Waals surface area (Å²) in [7, 11) is 1.66. The molecule has 0 amide bonds. The molecule has 2 nitrogen and oxygen atoms in total. The third kappa shape index (κ3) is 3.81. The van der Waals surface area contributed by atoms with E-state index in [-0.39, 0.29) is 0 Å². The summed E-state index contributed by atoms with van der Waals surface area (Å²) < 4.78 is 6.16. The highest BCUT2D eigenvalue weighted by atomic mass is 79.9. The van der Waals surface area contributed by atoms with E-state index in [1.54, 1.807) is 24.9 Å². The number of nitrogen functional groups attached to an aromatic ring is 1. The molecule has 0 fully saturated rings. The maximum Gasteiger partial charge on any atom is 0.133 e. The topological polar surface area (TPSA) is 35.2 Å². The second-order valence-corrected chi connectivity index (χ2v) is 6.23. The second kappa shape index (κ2) is 6.55. The average Bonchev–Trinajstić information content (AvgIpc) is 2.38. The van der Waals surface area contributed by atoms with Crippen molar-refractivity contribution in [2.45, 2.75) is 10.6 Å². The van der Waals surface area contributed by atoms with Crippen LogP contribution in [-0.2, 0) is 5.75 Å². The molecule has 0 saturated heterocycles. The van der Waals surface area contributed by atoms with Crippen LogP contribution in [0.15, 0.2) is 45.8 Å². The molecular weight excluding hydrogens is 346 g/mol. The van der Waals surface area contributed by atoms with Crippen LogP contribution in [0.25, 0.3) is 0 Å². The van der Waals surface area contributed by atoms with Gasteiger partial charge < -0.3 is 10.5 Å². The molecule has 0 bridgehead atoms. The third-order valence-corrected chi connectivity index (χ3v) is 4.76. The molecule has 0 heterocycles. The van der Waals surface area contributed by atoms with Gasteiger partial charge in [-0.15, -0.1) is 11.8 Å². The molecule has 0 spiro atoms. The predicted octanol–water partition coefficient (Wildman–Crippen LogP) is 4.99. The highest BCUT2D eigenvalue weighted by Crippen LogP contribution is 2.33. The Bertz CT molecular complexity index is 592. The van der Waals surface area contributed by atoms with E-state index in [9.17, 15) is 0 Å². The lowest BCUT2D eigenvalue weighted by Crippen LogP contribution is -1.88. The first-order chi connectivity index (χ1) is 9.10. The van der Waals surface area contributed by atoms with Crippen molar-refractivity contribution in [1.82, 2.24) is 0 Å². The molecule has 2 N–H and O–H groups in total. The Balaban J connectivity index is 2.08. The van der Waals surface area contributed by atoms with Gasteiger partial charge in [0.2, 0.25) is 0 Å². The molecule has 19 heavy (non-hydrogen) atoms. The lowest BCUT2D eigenvalue weighted by atomic mass is 10.2. The van der Waals surface area contributed by atoms with E-state index in [0.29, 0.717) is 10.7 Å². The van der Waals surface area contributed by atoms with Gasteiger partial charge in [-0.3, -0.25) is 0 Å². The first-order valence-electron chi connectivity index (χ1n) is 5.60. The van der Waals surface area contributed by atoms with Gasteiger partial charge in [0.05, 0.1) is 16.6 Å². The minimum atomic E-state index is 0.682. The summed E-state index contributed by atoms with van der Waals surface area (Å²) in [5.74, 6) is 1.67. The number of ether oxygens (including phenoxy) is 1. The van der Waals surface area contributed by atoms with Crippen LogP contribution >= 0.6 is 39.3 Å². The highest BCUT2D eigenvalue weighted by Gasteiger charge is 2.05. The van der Waals surface area contributed by atoms with E-state index < -0.39 is 0 Å². The van der Waals surface area contributed by atoms with Gasteiger partial charge in [0, 0.05) is 16.3 Å². The molecule has 0 aliphatic rings. The van der Waals surface area contributed by atoms with Crippen LogP contribution in [0.3, 0.4) is 0 Å². The normalized spacial score (nSPS) is 10.5. The van der Waals surface area contributed by atoms with Crippen molar-refractivity contribution in [2.75, 3.05) is 12.8 Å². The van der Waals surface area contributed by atoms with E-state index >= 15 is 0 Å². The molecular formula is C14H13BrClNOS. The lowest BCUT2D eigenvalue weighted by molar-refractivity contribution is 0.412. The van der Waals surface area contributed by atoms with Gasteiger partial charge in [0.25, 0.3) is 0 Å². The summed E-state index contributed by atoms with van der Waals surface area (Å²) in [6.07, 6.45) is 0. The first-order valence-corrected chi connectivity index (χ1v) is 7.76. The molecule has 5 heteroatoms. The molecule has 0 aliphatic heterocycles. The Morgan fingerprint density at radius 2 is 2.05 bits per heavy atom. The van der Waals surface area contributed by atoms with Crippen LogP contribution in [0.4, 0.5) is 5.69 Å². The van der Waals surface area contributed by atoms with Crippen molar-refractivity contribution in [3.05, 3.63) is 51.5 Å². The van der Waals surface area contributed by atoms with E-state index in [2.05, 4.69) is 22.0 Å². The van der Waals surface area contributed by atoms with E-state index in [1.807, 2.05) is 24.3 Å². The minimum absolute atomic E-state index is 0.682. The Labute approximate surface area is 130 Å². The second-order valence-electron chi connectivity index (χ2n) is 3.95. The minimum Gasteiger partial charge on any atom is -0.496 e. The van der Waals surface area contributed by atoms with Crippen LogP contribution in [0.1, 0.15) is 5.56 Å². The number of benzene rings is 2. The molecule has 2 aromatic rings. The summed E-state index contributed by atoms with van der Waals surface area (Å²) in [6, 6.07) is 11.6. The molecule has 0 saturated carbocycles. The predicted molar refractivity (Wildman–Crippen MR) is 86.1 cm³/mol. The molecule has 0 aliphatic carbocycles. The van der Waals surface area contributed by atoms with Crippen LogP contribution in [0.2, 0.25) is 5.02 Å². The summed E-state index contributed by atoms with van der Waals surface area (Å²) in [5.41, 5.74) is 7.55. The number of anilines is 1. The van der Waals surface area contributed by atoms with Gasteiger partial charge in [-0.1, -0.05) is 17.7 Å². The standard InChI is InChI=1S/C14H13BrClNOS/c1-18-13-4-2-9(6-11(13)15)8-19-14-5-3-10(17)7-12(14)16/h2-7H,8,17H2,1H3. The van der Waals surface area contributed by atoms with Crippen LogP contribution < -0.4 is 10.5 Å². The molecule has 0 aromatic heterocycles. The fourth-order valence-corrected chi connectivity index (χ4v) is 3.40. The summed E-state index contributed by atoms with van der Waals surface area (Å²) in [4.78, 5) is 1.03. The Hall–Kier alpha value is -0.840. The van der Waals surface area contributed by atoms with Crippen molar-refractivity contribution in [3.8, 4) is 5.75 Å². The summed E-state index contributed by atoms with van der Waals surface area (Å²) >= 11 is 11.3. The molecule has 2 aromatic carbocycles. The lowest BCUT2D eigenvalue weighted by Gasteiger charge is -2.07. The van der Waals surface area contributed by atoms with Gasteiger partial charge in [0.15, 0.2) is 0 Å². The van der Waals surface area contributed by atoms with Crippen LogP contribution in [-0.4, -0.2) is 7.11 Å². The van der Waals surface area contributed by atoms with Crippen molar-refractivity contribution < 1.29 is 4.74 Å². The van der Waals surface area contributed by atoms with E-state index in [4.69, 9.17) is 22.1 Å². The smallest absolute Gasteiger partial charge is 0.133 e. The first kappa shape index (κ1) is 14.6. The molecule has 100 valence electrons. The maximum atomic E-state index is 6.14. The van der Waals surface area contributed by atoms with Gasteiger partial charge >= 0.3 is 0 Å². The van der Waals surface area contributed by atoms with Crippen molar-refractivity contribution in [2.24, 2.45) is 0 Å². The number of rotatable bonds is 4. The number of methoxy groups -OCH3 is 1. The van der Waals surface area contributed by atoms with Crippen molar-refractivity contribution >= 4 is 45.0 Å². The Morgan fingerprint density at radius 3 is 2.68 bits per heavy atom. The quantitative estimate of drug-likeness (QED) is 0.618. The van der Waals surface area contributed by atoms with Crippen LogP contribution in [0, 0.1) is 0 Å². The molecule has 0 unspecified atom stereocenters. The number of hydrogen-bond acceptors (Lipinski definition) is 3.